The van der Waals surface area contributed by atoms with Gasteiger partial charge in [-0.2, -0.15) is 0 Å². The molecule has 1 aliphatic heterocycles. The van der Waals surface area contributed by atoms with Crippen LogP contribution in [0.25, 0.3) is 0 Å². The first-order valence-electron chi connectivity index (χ1n) is 5.29. The van der Waals surface area contributed by atoms with Gasteiger partial charge < -0.3 is 15.1 Å². The molecule has 0 aliphatic carbocycles. The van der Waals surface area contributed by atoms with Crippen molar-refractivity contribution in [3.8, 4) is 0 Å². The molecule has 1 aromatic rings. The summed E-state index contributed by atoms with van der Waals surface area (Å²) in [5.41, 5.74) is 0.831. The van der Waals surface area contributed by atoms with Crippen molar-refractivity contribution in [1.82, 2.24) is 4.98 Å². The summed E-state index contributed by atoms with van der Waals surface area (Å²) >= 11 is 0. The van der Waals surface area contributed by atoms with Gasteiger partial charge in [0, 0.05) is 25.5 Å². The topological polar surface area (TPSA) is 73.7 Å². The van der Waals surface area contributed by atoms with Crippen molar-refractivity contribution < 1.29 is 15.0 Å². The predicted molar refractivity (Wildman–Crippen MR) is 58.7 cm³/mol. The summed E-state index contributed by atoms with van der Waals surface area (Å²) in [7, 11) is 0. The number of pyridine rings is 1. The lowest BCUT2D eigenvalue weighted by atomic mass is 10.1. The Hall–Kier alpha value is -1.62. The largest absolute Gasteiger partial charge is 0.478 e. The van der Waals surface area contributed by atoms with Crippen LogP contribution in [0.15, 0.2) is 18.5 Å². The van der Waals surface area contributed by atoms with Crippen LogP contribution in [0.4, 0.5) is 5.69 Å². The van der Waals surface area contributed by atoms with Crippen LogP contribution in [0.5, 0.6) is 0 Å². The van der Waals surface area contributed by atoms with Crippen molar-refractivity contribution in [2.75, 3.05) is 18.0 Å². The van der Waals surface area contributed by atoms with Gasteiger partial charge >= 0.3 is 5.97 Å². The average Bonchev–Trinajstić information content (AvgIpc) is 2.29. The summed E-state index contributed by atoms with van der Waals surface area (Å²) in [5, 5.41) is 18.6. The van der Waals surface area contributed by atoms with Gasteiger partial charge in [-0.25, -0.2) is 4.79 Å². The average molecular weight is 222 g/mol. The number of carbonyl (C=O) groups is 1. The minimum atomic E-state index is -0.983. The maximum absolute atomic E-state index is 11.0. The molecule has 0 bridgehead atoms. The molecule has 1 atom stereocenters. The van der Waals surface area contributed by atoms with E-state index in [4.69, 9.17) is 5.11 Å². The predicted octanol–water partition coefficient (Wildman–Crippen LogP) is 0.741. The van der Waals surface area contributed by atoms with Gasteiger partial charge in [0.05, 0.1) is 11.8 Å². The molecule has 1 unspecified atom stereocenters. The smallest absolute Gasteiger partial charge is 0.339 e. The number of aromatic carboxylic acids is 1. The molecule has 0 amide bonds. The third-order valence-corrected chi connectivity index (χ3v) is 2.77. The third-order valence-electron chi connectivity index (χ3n) is 2.77. The van der Waals surface area contributed by atoms with E-state index in [9.17, 15) is 9.90 Å². The number of aliphatic hydroxyl groups is 1. The van der Waals surface area contributed by atoms with Crippen molar-refractivity contribution in [3.63, 3.8) is 0 Å². The fraction of sp³-hybridized carbons (Fsp3) is 0.455. The molecule has 0 saturated carbocycles. The fourth-order valence-electron chi connectivity index (χ4n) is 2.00. The molecular weight excluding hydrogens is 208 g/mol. The molecule has 5 nitrogen and oxygen atoms in total. The Kier molecular flexibility index (Phi) is 3.05. The van der Waals surface area contributed by atoms with Crippen molar-refractivity contribution in [2.45, 2.75) is 18.9 Å². The Morgan fingerprint density at radius 3 is 3.06 bits per heavy atom. The number of rotatable bonds is 2. The Morgan fingerprint density at radius 1 is 1.56 bits per heavy atom. The van der Waals surface area contributed by atoms with Crippen LogP contribution >= 0.6 is 0 Å². The Labute approximate surface area is 93.3 Å². The van der Waals surface area contributed by atoms with E-state index in [1.165, 1.54) is 6.20 Å². The molecule has 2 rings (SSSR count). The Balaban J connectivity index is 2.28. The summed E-state index contributed by atoms with van der Waals surface area (Å²) in [6, 6.07) is 1.68. The maximum atomic E-state index is 11.0. The van der Waals surface area contributed by atoms with Crippen LogP contribution < -0.4 is 4.90 Å². The lowest BCUT2D eigenvalue weighted by Crippen LogP contribution is -2.39. The van der Waals surface area contributed by atoms with Crippen molar-refractivity contribution in [2.24, 2.45) is 0 Å². The molecule has 1 saturated heterocycles. The van der Waals surface area contributed by atoms with Gasteiger partial charge in [0.2, 0.25) is 0 Å². The number of hydrogen-bond donors (Lipinski definition) is 2. The van der Waals surface area contributed by atoms with Crippen LogP contribution in [0.3, 0.4) is 0 Å². The van der Waals surface area contributed by atoms with Gasteiger partial charge in [-0.15, -0.1) is 0 Å². The quantitative estimate of drug-likeness (QED) is 0.772. The molecule has 5 heteroatoms. The number of hydrogen-bond acceptors (Lipinski definition) is 4. The third kappa shape index (κ3) is 2.14. The maximum Gasteiger partial charge on any atom is 0.339 e. The van der Waals surface area contributed by atoms with Gasteiger partial charge in [-0.05, 0) is 18.9 Å². The highest BCUT2D eigenvalue weighted by Gasteiger charge is 2.21. The molecule has 2 N–H and O–H groups in total. The number of piperidine rings is 1. The summed E-state index contributed by atoms with van der Waals surface area (Å²) in [6.07, 6.45) is 4.21. The van der Waals surface area contributed by atoms with E-state index < -0.39 is 5.97 Å². The molecule has 16 heavy (non-hydrogen) atoms. The number of carboxylic acid groups (broad SMARTS) is 1. The second kappa shape index (κ2) is 4.49. The summed E-state index contributed by atoms with van der Waals surface area (Å²) in [4.78, 5) is 16.7. The summed E-state index contributed by atoms with van der Waals surface area (Å²) < 4.78 is 0. The van der Waals surface area contributed by atoms with E-state index in [2.05, 4.69) is 4.98 Å². The van der Waals surface area contributed by atoms with E-state index in [1.807, 2.05) is 4.90 Å². The SMILES string of the molecule is O=C(O)c1cnccc1N1CCCC(O)C1. The number of anilines is 1. The van der Waals surface area contributed by atoms with Crippen molar-refractivity contribution >= 4 is 11.7 Å². The monoisotopic (exact) mass is 222 g/mol. The minimum Gasteiger partial charge on any atom is -0.478 e. The van der Waals surface area contributed by atoms with Gasteiger partial charge in [0.15, 0.2) is 0 Å². The van der Waals surface area contributed by atoms with Gasteiger partial charge in [-0.1, -0.05) is 0 Å². The highest BCUT2D eigenvalue weighted by atomic mass is 16.4. The molecular formula is C11H14N2O3. The molecule has 86 valence electrons. The second-order valence-electron chi connectivity index (χ2n) is 3.94. The van der Waals surface area contributed by atoms with Crippen LogP contribution in [-0.2, 0) is 0 Å². The summed E-state index contributed by atoms with van der Waals surface area (Å²) in [6.45, 7) is 1.27. The molecule has 0 aromatic carbocycles. The van der Waals surface area contributed by atoms with E-state index in [1.54, 1.807) is 12.3 Å². The molecule has 2 heterocycles. The first-order chi connectivity index (χ1) is 7.68. The van der Waals surface area contributed by atoms with Gasteiger partial charge in [0.25, 0.3) is 0 Å². The second-order valence-corrected chi connectivity index (χ2v) is 3.94. The van der Waals surface area contributed by atoms with E-state index in [-0.39, 0.29) is 11.7 Å². The first-order valence-corrected chi connectivity index (χ1v) is 5.29. The first kappa shape index (κ1) is 10.9. The highest BCUT2D eigenvalue weighted by Crippen LogP contribution is 2.23. The Morgan fingerprint density at radius 2 is 2.38 bits per heavy atom. The van der Waals surface area contributed by atoms with Crippen LogP contribution in [0.1, 0.15) is 23.2 Å². The zero-order valence-corrected chi connectivity index (χ0v) is 8.83. The van der Waals surface area contributed by atoms with Crippen molar-refractivity contribution in [1.29, 1.82) is 0 Å². The lowest BCUT2D eigenvalue weighted by Gasteiger charge is -2.32. The van der Waals surface area contributed by atoms with Crippen LogP contribution in [0.2, 0.25) is 0 Å². The standard InChI is InChI=1S/C11H14N2O3/c14-8-2-1-5-13(7-8)10-3-4-12-6-9(10)11(15)16/h3-4,6,8,14H,1-2,5,7H2,(H,15,16). The summed E-state index contributed by atoms with van der Waals surface area (Å²) in [5.74, 6) is -0.983. The number of β-amino-alcohol motifs (C(OH)–C–C–N with tert-alkyl or cyclic N) is 1. The number of carboxylic acids is 1. The van der Waals surface area contributed by atoms with Gasteiger partial charge in [0.1, 0.15) is 5.56 Å². The highest BCUT2D eigenvalue weighted by molar-refractivity contribution is 5.94. The van der Waals surface area contributed by atoms with E-state index >= 15 is 0 Å². The Bertz CT molecular complexity index is 395. The minimum absolute atomic E-state index is 0.191. The fourth-order valence-corrected chi connectivity index (χ4v) is 2.00. The number of aliphatic hydroxyl groups excluding tert-OH is 1. The number of nitrogens with zero attached hydrogens (tertiary/aromatic N) is 2. The molecule has 0 radical (unpaired) electrons. The van der Waals surface area contributed by atoms with Gasteiger partial charge in [-0.3, -0.25) is 4.98 Å². The molecule has 1 fully saturated rings. The van der Waals surface area contributed by atoms with E-state index in [0.717, 1.165) is 19.4 Å². The van der Waals surface area contributed by atoms with Crippen LogP contribution in [0, 0.1) is 0 Å². The number of aromatic nitrogens is 1. The lowest BCUT2D eigenvalue weighted by molar-refractivity contribution is 0.0696. The van der Waals surface area contributed by atoms with E-state index in [0.29, 0.717) is 12.2 Å². The molecule has 0 spiro atoms. The normalized spacial score (nSPS) is 20.8. The zero-order chi connectivity index (χ0) is 11.5. The zero-order valence-electron chi connectivity index (χ0n) is 8.83. The van der Waals surface area contributed by atoms with Crippen molar-refractivity contribution in [3.05, 3.63) is 24.0 Å². The van der Waals surface area contributed by atoms with Crippen LogP contribution in [-0.4, -0.2) is 40.4 Å². The molecule has 1 aromatic heterocycles. The molecule has 1 aliphatic rings.